The number of hydrogen-bond acceptors (Lipinski definition) is 3. The Kier molecular flexibility index (Phi) is 4.81. The monoisotopic (exact) mass is 276 g/mol. The average molecular weight is 276 g/mol. The minimum absolute atomic E-state index is 0.0408. The standard InChI is InChI=1S/C17H24O3/c1-3-17(2,19)14-10-7-11-15(12-14)20-16(18)13-8-5-4-6-9-13/h7,10-13,19H,3-6,8-9H2,1-2H3. The molecular formula is C17H24O3. The molecule has 0 spiro atoms. The van der Waals surface area contributed by atoms with Crippen LogP contribution in [-0.2, 0) is 10.4 Å². The highest BCUT2D eigenvalue weighted by Gasteiger charge is 2.24. The molecule has 1 aliphatic carbocycles. The van der Waals surface area contributed by atoms with Crippen LogP contribution in [0.25, 0.3) is 0 Å². The van der Waals surface area contributed by atoms with Gasteiger partial charge >= 0.3 is 5.97 Å². The van der Waals surface area contributed by atoms with Gasteiger partial charge in [0.25, 0.3) is 0 Å². The van der Waals surface area contributed by atoms with Crippen molar-refractivity contribution < 1.29 is 14.6 Å². The normalized spacial score (nSPS) is 19.4. The molecule has 3 heteroatoms. The van der Waals surface area contributed by atoms with E-state index in [9.17, 15) is 9.90 Å². The highest BCUT2D eigenvalue weighted by molar-refractivity contribution is 5.75. The zero-order chi connectivity index (χ0) is 14.6. The lowest BCUT2D eigenvalue weighted by molar-refractivity contribution is -0.140. The molecule has 1 aliphatic rings. The first-order valence-electron chi connectivity index (χ1n) is 7.57. The molecule has 1 atom stereocenters. The van der Waals surface area contributed by atoms with Crippen LogP contribution < -0.4 is 4.74 Å². The summed E-state index contributed by atoms with van der Waals surface area (Å²) in [6.45, 7) is 3.70. The van der Waals surface area contributed by atoms with E-state index in [2.05, 4.69) is 0 Å². The Hall–Kier alpha value is -1.35. The summed E-state index contributed by atoms with van der Waals surface area (Å²) in [5, 5.41) is 10.3. The molecule has 110 valence electrons. The molecule has 0 heterocycles. The molecule has 1 aromatic rings. The van der Waals surface area contributed by atoms with Crippen LogP contribution in [0.1, 0.15) is 57.9 Å². The van der Waals surface area contributed by atoms with Crippen molar-refractivity contribution in [3.63, 3.8) is 0 Å². The molecule has 2 rings (SSSR count). The summed E-state index contributed by atoms with van der Waals surface area (Å²) >= 11 is 0. The summed E-state index contributed by atoms with van der Waals surface area (Å²) in [6, 6.07) is 7.23. The molecule has 0 aromatic heterocycles. The number of esters is 1. The molecule has 0 radical (unpaired) electrons. The van der Waals surface area contributed by atoms with Gasteiger partial charge in [-0.05, 0) is 43.9 Å². The van der Waals surface area contributed by atoms with Crippen LogP contribution in [0.5, 0.6) is 5.75 Å². The topological polar surface area (TPSA) is 46.5 Å². The van der Waals surface area contributed by atoms with E-state index >= 15 is 0 Å². The predicted molar refractivity (Wildman–Crippen MR) is 78.5 cm³/mol. The van der Waals surface area contributed by atoms with Gasteiger partial charge in [0.05, 0.1) is 11.5 Å². The van der Waals surface area contributed by atoms with Gasteiger partial charge in [0.2, 0.25) is 0 Å². The number of ether oxygens (including phenoxy) is 1. The smallest absolute Gasteiger partial charge is 0.314 e. The Bertz CT molecular complexity index is 459. The van der Waals surface area contributed by atoms with Crippen molar-refractivity contribution in [2.75, 3.05) is 0 Å². The molecule has 1 aromatic carbocycles. The predicted octanol–water partition coefficient (Wildman–Crippen LogP) is 3.79. The summed E-state index contributed by atoms with van der Waals surface area (Å²) < 4.78 is 5.48. The van der Waals surface area contributed by atoms with E-state index in [0.717, 1.165) is 31.2 Å². The van der Waals surface area contributed by atoms with Crippen molar-refractivity contribution in [3.05, 3.63) is 29.8 Å². The minimum Gasteiger partial charge on any atom is -0.426 e. The maximum atomic E-state index is 12.1. The maximum Gasteiger partial charge on any atom is 0.314 e. The zero-order valence-electron chi connectivity index (χ0n) is 12.4. The third kappa shape index (κ3) is 3.60. The van der Waals surface area contributed by atoms with E-state index < -0.39 is 5.60 Å². The number of benzene rings is 1. The van der Waals surface area contributed by atoms with E-state index in [-0.39, 0.29) is 11.9 Å². The van der Waals surface area contributed by atoms with Crippen molar-refractivity contribution in [3.8, 4) is 5.75 Å². The van der Waals surface area contributed by atoms with Gasteiger partial charge in [-0.25, -0.2) is 0 Å². The number of rotatable bonds is 4. The van der Waals surface area contributed by atoms with E-state index in [4.69, 9.17) is 4.74 Å². The quantitative estimate of drug-likeness (QED) is 0.672. The Morgan fingerprint density at radius 1 is 1.35 bits per heavy atom. The van der Waals surface area contributed by atoms with Crippen LogP contribution in [0.15, 0.2) is 24.3 Å². The van der Waals surface area contributed by atoms with Crippen LogP contribution in [0.3, 0.4) is 0 Å². The van der Waals surface area contributed by atoms with Crippen molar-refractivity contribution in [1.82, 2.24) is 0 Å². The molecule has 1 N–H and O–H groups in total. The van der Waals surface area contributed by atoms with Gasteiger partial charge in [-0.1, -0.05) is 38.3 Å². The number of aliphatic hydroxyl groups is 1. The Balaban J connectivity index is 2.06. The second-order valence-electron chi connectivity index (χ2n) is 5.91. The number of carbonyl (C=O) groups excluding carboxylic acids is 1. The largest absolute Gasteiger partial charge is 0.426 e. The van der Waals surface area contributed by atoms with Crippen molar-refractivity contribution in [2.24, 2.45) is 5.92 Å². The van der Waals surface area contributed by atoms with Crippen LogP contribution in [0.4, 0.5) is 0 Å². The highest BCUT2D eigenvalue weighted by atomic mass is 16.5. The maximum absolute atomic E-state index is 12.1. The van der Waals surface area contributed by atoms with Crippen LogP contribution in [0.2, 0.25) is 0 Å². The van der Waals surface area contributed by atoms with Crippen LogP contribution in [-0.4, -0.2) is 11.1 Å². The fourth-order valence-electron chi connectivity index (χ4n) is 2.64. The summed E-state index contributed by atoms with van der Waals surface area (Å²) in [6.07, 6.45) is 5.94. The fourth-order valence-corrected chi connectivity index (χ4v) is 2.64. The molecule has 1 fully saturated rings. The van der Waals surface area contributed by atoms with Gasteiger partial charge in [-0.3, -0.25) is 4.79 Å². The van der Waals surface area contributed by atoms with Gasteiger partial charge in [0.1, 0.15) is 5.75 Å². The van der Waals surface area contributed by atoms with Gasteiger partial charge < -0.3 is 9.84 Å². The highest BCUT2D eigenvalue weighted by Crippen LogP contribution is 2.29. The summed E-state index contributed by atoms with van der Waals surface area (Å²) in [5.74, 6) is 0.448. The lowest BCUT2D eigenvalue weighted by atomic mass is 9.89. The summed E-state index contributed by atoms with van der Waals surface area (Å²) in [7, 11) is 0. The molecule has 0 saturated heterocycles. The van der Waals surface area contributed by atoms with Gasteiger partial charge in [0.15, 0.2) is 0 Å². The molecule has 1 unspecified atom stereocenters. The van der Waals surface area contributed by atoms with Crippen molar-refractivity contribution >= 4 is 5.97 Å². The average Bonchev–Trinajstić information content (AvgIpc) is 2.48. The SMILES string of the molecule is CCC(C)(O)c1cccc(OC(=O)C2CCCCC2)c1. The first kappa shape index (κ1) is 15.0. The zero-order valence-corrected chi connectivity index (χ0v) is 12.4. The van der Waals surface area contributed by atoms with Gasteiger partial charge in [-0.15, -0.1) is 0 Å². The van der Waals surface area contributed by atoms with E-state index in [0.29, 0.717) is 12.2 Å². The third-order valence-corrected chi connectivity index (χ3v) is 4.30. The second-order valence-corrected chi connectivity index (χ2v) is 5.91. The van der Waals surface area contributed by atoms with Crippen molar-refractivity contribution in [1.29, 1.82) is 0 Å². The lowest BCUT2D eigenvalue weighted by Crippen LogP contribution is -2.23. The first-order valence-corrected chi connectivity index (χ1v) is 7.57. The molecular weight excluding hydrogens is 252 g/mol. The molecule has 3 nitrogen and oxygen atoms in total. The molecule has 0 aliphatic heterocycles. The van der Waals surface area contributed by atoms with Gasteiger partial charge in [-0.2, -0.15) is 0 Å². The van der Waals surface area contributed by atoms with Crippen molar-refractivity contribution in [2.45, 2.75) is 58.0 Å². The minimum atomic E-state index is -0.882. The molecule has 20 heavy (non-hydrogen) atoms. The Morgan fingerprint density at radius 3 is 2.70 bits per heavy atom. The van der Waals surface area contributed by atoms with Gasteiger partial charge in [0, 0.05) is 0 Å². The van der Waals surface area contributed by atoms with Crippen LogP contribution in [0, 0.1) is 5.92 Å². The van der Waals surface area contributed by atoms with Crippen LogP contribution >= 0.6 is 0 Å². The third-order valence-electron chi connectivity index (χ3n) is 4.30. The second kappa shape index (κ2) is 6.40. The lowest BCUT2D eigenvalue weighted by Gasteiger charge is -2.23. The summed E-state index contributed by atoms with van der Waals surface area (Å²) in [5.41, 5.74) is -0.0956. The fraction of sp³-hybridized carbons (Fsp3) is 0.588. The van der Waals surface area contributed by atoms with E-state index in [1.807, 2.05) is 19.1 Å². The number of hydrogen-bond donors (Lipinski definition) is 1. The summed E-state index contributed by atoms with van der Waals surface area (Å²) in [4.78, 5) is 12.1. The molecule has 0 amide bonds. The Labute approximate surface area is 121 Å². The number of carbonyl (C=O) groups is 1. The molecule has 0 bridgehead atoms. The van der Waals surface area contributed by atoms with E-state index in [1.165, 1.54) is 6.42 Å². The first-order chi connectivity index (χ1) is 9.53. The molecule has 1 saturated carbocycles. The van der Waals surface area contributed by atoms with E-state index in [1.54, 1.807) is 19.1 Å². The Morgan fingerprint density at radius 2 is 2.05 bits per heavy atom.